The van der Waals surface area contributed by atoms with Crippen LogP contribution in [0.25, 0.3) is 10.9 Å². The maximum absolute atomic E-state index is 5.38. The number of methoxy groups -OCH3 is 3. The summed E-state index contributed by atoms with van der Waals surface area (Å²) in [5.41, 5.74) is 1.90. The summed E-state index contributed by atoms with van der Waals surface area (Å²) < 4.78 is 16.1. The predicted octanol–water partition coefficient (Wildman–Crippen LogP) is 3.27. The summed E-state index contributed by atoms with van der Waals surface area (Å²) in [7, 11) is 4.80. The Labute approximate surface area is 140 Å². The van der Waals surface area contributed by atoms with Gasteiger partial charge in [-0.2, -0.15) is 0 Å². The molecule has 3 rings (SSSR count). The molecule has 2 aromatic carbocycles. The highest BCUT2D eigenvalue weighted by Gasteiger charge is 2.13. The lowest BCUT2D eigenvalue weighted by atomic mass is 10.1. The molecule has 0 aliphatic heterocycles. The number of nitrogens with one attached hydrogen (secondary N) is 1. The first-order valence-electron chi connectivity index (χ1n) is 7.49. The van der Waals surface area contributed by atoms with Crippen LogP contribution < -0.4 is 19.5 Å². The first-order chi connectivity index (χ1) is 11.8. The molecule has 0 aliphatic carbocycles. The second kappa shape index (κ2) is 7.04. The van der Waals surface area contributed by atoms with Gasteiger partial charge < -0.3 is 19.5 Å². The highest BCUT2D eigenvalue weighted by atomic mass is 16.5. The van der Waals surface area contributed by atoms with Crippen LogP contribution in [0, 0.1) is 0 Å². The summed E-state index contributed by atoms with van der Waals surface area (Å²) in [5, 5.41) is 4.32. The lowest BCUT2D eigenvalue weighted by Gasteiger charge is -2.15. The number of anilines is 1. The molecule has 0 unspecified atom stereocenters. The summed E-state index contributed by atoms with van der Waals surface area (Å²) in [6.07, 6.45) is 1.56. The van der Waals surface area contributed by atoms with E-state index in [-0.39, 0.29) is 0 Å². The van der Waals surface area contributed by atoms with Crippen molar-refractivity contribution in [2.45, 2.75) is 6.54 Å². The lowest BCUT2D eigenvalue weighted by Crippen LogP contribution is -2.04. The van der Waals surface area contributed by atoms with E-state index in [4.69, 9.17) is 14.2 Å². The molecule has 0 amide bonds. The maximum atomic E-state index is 5.38. The first-order valence-corrected chi connectivity index (χ1v) is 7.49. The zero-order valence-corrected chi connectivity index (χ0v) is 13.9. The van der Waals surface area contributed by atoms with Gasteiger partial charge in [0.2, 0.25) is 5.75 Å². The number of hydrogen-bond donors (Lipinski definition) is 1. The van der Waals surface area contributed by atoms with Crippen LogP contribution in [0.3, 0.4) is 0 Å². The zero-order chi connectivity index (χ0) is 16.9. The average Bonchev–Trinajstić information content (AvgIpc) is 2.65. The van der Waals surface area contributed by atoms with Gasteiger partial charge in [0.15, 0.2) is 11.5 Å². The van der Waals surface area contributed by atoms with E-state index in [9.17, 15) is 0 Å². The predicted molar refractivity (Wildman–Crippen MR) is 93.0 cm³/mol. The van der Waals surface area contributed by atoms with Gasteiger partial charge in [0, 0.05) is 11.9 Å². The number of benzene rings is 2. The molecule has 1 N–H and O–H groups in total. The van der Waals surface area contributed by atoms with Gasteiger partial charge >= 0.3 is 0 Å². The molecular formula is C18H19N3O3. The van der Waals surface area contributed by atoms with Gasteiger partial charge in [0.25, 0.3) is 0 Å². The first kappa shape index (κ1) is 15.9. The van der Waals surface area contributed by atoms with Crippen LogP contribution in [0.4, 0.5) is 5.82 Å². The Morgan fingerprint density at radius 3 is 2.29 bits per heavy atom. The molecular weight excluding hydrogens is 306 g/mol. The summed E-state index contributed by atoms with van der Waals surface area (Å²) in [5.74, 6) is 2.62. The molecule has 0 spiro atoms. The third-order valence-electron chi connectivity index (χ3n) is 3.73. The Morgan fingerprint density at radius 2 is 1.62 bits per heavy atom. The van der Waals surface area contributed by atoms with E-state index in [2.05, 4.69) is 15.3 Å². The number of nitrogens with zero attached hydrogens (tertiary/aromatic N) is 2. The van der Waals surface area contributed by atoms with Crippen molar-refractivity contribution in [3.8, 4) is 17.2 Å². The SMILES string of the molecule is COc1cc(CNc2ncnc3ccccc23)cc(OC)c1OC. The van der Waals surface area contributed by atoms with Crippen molar-refractivity contribution in [3.05, 3.63) is 48.3 Å². The molecule has 0 aliphatic rings. The van der Waals surface area contributed by atoms with E-state index < -0.39 is 0 Å². The molecule has 0 saturated heterocycles. The van der Waals surface area contributed by atoms with Crippen molar-refractivity contribution in [1.82, 2.24) is 9.97 Å². The molecule has 24 heavy (non-hydrogen) atoms. The summed E-state index contributed by atoms with van der Waals surface area (Å²) in [4.78, 5) is 8.60. The van der Waals surface area contributed by atoms with E-state index in [1.165, 1.54) is 0 Å². The third kappa shape index (κ3) is 3.03. The lowest BCUT2D eigenvalue weighted by molar-refractivity contribution is 0.324. The van der Waals surface area contributed by atoms with Crippen molar-refractivity contribution in [2.75, 3.05) is 26.6 Å². The molecule has 0 fully saturated rings. The Kier molecular flexibility index (Phi) is 4.65. The van der Waals surface area contributed by atoms with Gasteiger partial charge in [-0.3, -0.25) is 0 Å². The number of fused-ring (bicyclic) bond motifs is 1. The van der Waals surface area contributed by atoms with Gasteiger partial charge in [-0.05, 0) is 29.8 Å². The third-order valence-corrected chi connectivity index (χ3v) is 3.73. The summed E-state index contributed by atoms with van der Waals surface area (Å²) in [6.45, 7) is 0.567. The topological polar surface area (TPSA) is 65.5 Å². The molecule has 0 bridgehead atoms. The molecule has 6 nitrogen and oxygen atoms in total. The maximum Gasteiger partial charge on any atom is 0.203 e. The van der Waals surface area contributed by atoms with Gasteiger partial charge in [0.05, 0.1) is 26.8 Å². The molecule has 0 saturated carbocycles. The molecule has 0 radical (unpaired) electrons. The number of aromatic nitrogens is 2. The van der Waals surface area contributed by atoms with Crippen LogP contribution in [0.5, 0.6) is 17.2 Å². The van der Waals surface area contributed by atoms with Crippen molar-refractivity contribution >= 4 is 16.7 Å². The van der Waals surface area contributed by atoms with Gasteiger partial charge in [-0.15, -0.1) is 0 Å². The quantitative estimate of drug-likeness (QED) is 0.750. The number of rotatable bonds is 6. The minimum Gasteiger partial charge on any atom is -0.493 e. The highest BCUT2D eigenvalue weighted by molar-refractivity contribution is 5.88. The molecule has 3 aromatic rings. The zero-order valence-electron chi connectivity index (χ0n) is 13.9. The summed E-state index contributed by atoms with van der Waals surface area (Å²) >= 11 is 0. The fourth-order valence-electron chi connectivity index (χ4n) is 2.57. The number of hydrogen-bond acceptors (Lipinski definition) is 6. The van der Waals surface area contributed by atoms with Crippen molar-refractivity contribution in [2.24, 2.45) is 0 Å². The van der Waals surface area contributed by atoms with Crippen LogP contribution in [-0.2, 0) is 6.54 Å². The highest BCUT2D eigenvalue weighted by Crippen LogP contribution is 2.38. The smallest absolute Gasteiger partial charge is 0.203 e. The Hall–Kier alpha value is -3.02. The van der Waals surface area contributed by atoms with E-state index in [1.807, 2.05) is 36.4 Å². The number of ether oxygens (including phenoxy) is 3. The van der Waals surface area contributed by atoms with E-state index in [1.54, 1.807) is 27.7 Å². The fraction of sp³-hybridized carbons (Fsp3) is 0.222. The van der Waals surface area contributed by atoms with E-state index >= 15 is 0 Å². The van der Waals surface area contributed by atoms with Gasteiger partial charge in [-0.1, -0.05) is 12.1 Å². The minimum absolute atomic E-state index is 0.567. The largest absolute Gasteiger partial charge is 0.493 e. The second-order valence-electron chi connectivity index (χ2n) is 5.13. The van der Waals surface area contributed by atoms with Crippen LogP contribution >= 0.6 is 0 Å². The minimum atomic E-state index is 0.567. The van der Waals surface area contributed by atoms with Crippen LogP contribution in [-0.4, -0.2) is 31.3 Å². The van der Waals surface area contributed by atoms with E-state index in [0.29, 0.717) is 23.8 Å². The van der Waals surface area contributed by atoms with Crippen LogP contribution in [0.15, 0.2) is 42.7 Å². The normalized spacial score (nSPS) is 10.5. The summed E-state index contributed by atoms with van der Waals surface area (Å²) in [6, 6.07) is 11.7. The van der Waals surface area contributed by atoms with Gasteiger partial charge in [-0.25, -0.2) is 9.97 Å². The van der Waals surface area contributed by atoms with Crippen molar-refractivity contribution in [1.29, 1.82) is 0 Å². The van der Waals surface area contributed by atoms with E-state index in [0.717, 1.165) is 22.3 Å². The standard InChI is InChI=1S/C18H19N3O3/c1-22-15-8-12(9-16(23-2)17(15)24-3)10-19-18-13-6-4-5-7-14(13)20-11-21-18/h4-9,11H,10H2,1-3H3,(H,19,20,21). The molecule has 124 valence electrons. The molecule has 1 aromatic heterocycles. The number of para-hydroxylation sites is 1. The second-order valence-corrected chi connectivity index (χ2v) is 5.13. The Bertz CT molecular complexity index is 822. The molecule has 1 heterocycles. The van der Waals surface area contributed by atoms with Crippen molar-refractivity contribution in [3.63, 3.8) is 0 Å². The monoisotopic (exact) mass is 325 g/mol. The average molecular weight is 325 g/mol. The van der Waals surface area contributed by atoms with Crippen LogP contribution in [0.1, 0.15) is 5.56 Å². The van der Waals surface area contributed by atoms with Gasteiger partial charge in [0.1, 0.15) is 12.1 Å². The molecule has 6 heteroatoms. The Morgan fingerprint density at radius 1 is 0.917 bits per heavy atom. The fourth-order valence-corrected chi connectivity index (χ4v) is 2.57. The Balaban J connectivity index is 1.88. The van der Waals surface area contributed by atoms with Crippen molar-refractivity contribution < 1.29 is 14.2 Å². The van der Waals surface area contributed by atoms with Crippen LogP contribution in [0.2, 0.25) is 0 Å². The molecule has 0 atom stereocenters.